The molecule has 0 saturated carbocycles. The molecule has 0 saturated heterocycles. The topological polar surface area (TPSA) is 52.8 Å². The van der Waals surface area contributed by atoms with Gasteiger partial charge >= 0.3 is 0 Å². The number of aromatic nitrogens is 4. The molecule has 0 aliphatic carbocycles. The highest BCUT2D eigenvalue weighted by Crippen LogP contribution is 2.32. The normalized spacial score (nSPS) is 11.0. The van der Waals surface area contributed by atoms with Gasteiger partial charge in [-0.3, -0.25) is 4.57 Å². The number of rotatable bonds is 9. The lowest BCUT2D eigenvalue weighted by molar-refractivity contribution is 0.289. The molecule has 9 heteroatoms. The second-order valence-electron chi connectivity index (χ2n) is 7.37. The van der Waals surface area contributed by atoms with Crippen molar-refractivity contribution < 1.29 is 4.74 Å². The molecule has 2 heterocycles. The highest BCUT2D eigenvalue weighted by atomic mass is 35.5. The average molecular weight is 518 g/mol. The first-order valence-electron chi connectivity index (χ1n) is 10.2. The van der Waals surface area contributed by atoms with Crippen LogP contribution in [0.4, 0.5) is 0 Å². The second-order valence-corrected chi connectivity index (χ2v) is 9.96. The number of thiazole rings is 1. The van der Waals surface area contributed by atoms with Gasteiger partial charge in [0.2, 0.25) is 0 Å². The minimum absolute atomic E-state index is 0.301. The van der Waals surface area contributed by atoms with Crippen LogP contribution in [-0.4, -0.2) is 19.7 Å². The Kier molecular flexibility index (Phi) is 7.75. The Bertz CT molecular complexity index is 1260. The maximum atomic E-state index is 6.31. The van der Waals surface area contributed by atoms with Crippen LogP contribution in [0, 0.1) is 13.8 Å². The van der Waals surface area contributed by atoms with Gasteiger partial charge in [-0.25, -0.2) is 4.98 Å². The third-order valence-electron chi connectivity index (χ3n) is 4.89. The summed E-state index contributed by atoms with van der Waals surface area (Å²) in [4.78, 5) is 4.74. The molecule has 170 valence electrons. The van der Waals surface area contributed by atoms with Gasteiger partial charge in [-0.15, -0.1) is 28.1 Å². The Hall–Kier alpha value is -2.32. The van der Waals surface area contributed by atoms with Gasteiger partial charge in [-0.2, -0.15) is 0 Å². The Morgan fingerprint density at radius 2 is 1.91 bits per heavy atom. The minimum Gasteiger partial charge on any atom is -0.486 e. The van der Waals surface area contributed by atoms with Gasteiger partial charge < -0.3 is 4.74 Å². The number of thioether (sulfide) groups is 1. The number of aryl methyl sites for hydroxylation is 2. The van der Waals surface area contributed by atoms with Crippen LogP contribution in [0.3, 0.4) is 0 Å². The molecule has 0 unspecified atom stereocenters. The van der Waals surface area contributed by atoms with Gasteiger partial charge in [0.05, 0.1) is 10.7 Å². The number of ether oxygens (including phenoxy) is 1. The van der Waals surface area contributed by atoms with E-state index in [1.807, 2.05) is 60.9 Å². The lowest BCUT2D eigenvalue weighted by atomic mass is 10.1. The van der Waals surface area contributed by atoms with Gasteiger partial charge in [0.25, 0.3) is 0 Å². The molecular formula is C24H22Cl2N4OS2. The first-order valence-corrected chi connectivity index (χ1v) is 12.8. The quantitative estimate of drug-likeness (QED) is 0.171. The molecule has 0 aliphatic heterocycles. The largest absolute Gasteiger partial charge is 0.486 e. The van der Waals surface area contributed by atoms with Gasteiger partial charge in [0.1, 0.15) is 17.4 Å². The van der Waals surface area contributed by atoms with Crippen LogP contribution in [0.2, 0.25) is 10.0 Å². The molecule has 0 atom stereocenters. The molecule has 0 aliphatic rings. The van der Waals surface area contributed by atoms with Crippen molar-refractivity contribution in [3.63, 3.8) is 0 Å². The van der Waals surface area contributed by atoms with Crippen LogP contribution in [0.15, 0.2) is 59.6 Å². The molecule has 4 aromatic rings. The van der Waals surface area contributed by atoms with Crippen molar-refractivity contribution in [3.05, 3.63) is 87.1 Å². The van der Waals surface area contributed by atoms with Crippen LogP contribution in [0.5, 0.6) is 5.75 Å². The molecule has 2 aromatic heterocycles. The number of hydrogen-bond donors (Lipinski definition) is 0. The van der Waals surface area contributed by atoms with E-state index in [0.29, 0.717) is 23.9 Å². The van der Waals surface area contributed by atoms with Gasteiger partial charge in [-0.1, -0.05) is 59.2 Å². The van der Waals surface area contributed by atoms with Gasteiger partial charge in [0, 0.05) is 28.3 Å². The number of hydrogen-bond acceptors (Lipinski definition) is 6. The summed E-state index contributed by atoms with van der Waals surface area (Å²) in [6.07, 6.45) is 1.83. The van der Waals surface area contributed by atoms with E-state index in [1.54, 1.807) is 23.1 Å². The first-order chi connectivity index (χ1) is 16.0. The molecule has 0 fully saturated rings. The Morgan fingerprint density at radius 3 is 2.64 bits per heavy atom. The number of nitrogens with zero attached hydrogens (tertiary/aromatic N) is 4. The molecule has 0 spiro atoms. The van der Waals surface area contributed by atoms with Gasteiger partial charge in [0.15, 0.2) is 11.0 Å². The lowest BCUT2D eigenvalue weighted by Crippen LogP contribution is -2.07. The van der Waals surface area contributed by atoms with Crippen LogP contribution >= 0.6 is 46.3 Å². The molecule has 33 heavy (non-hydrogen) atoms. The highest BCUT2D eigenvalue weighted by molar-refractivity contribution is 7.98. The summed E-state index contributed by atoms with van der Waals surface area (Å²) in [5.74, 6) is 2.16. The summed E-state index contributed by atoms with van der Waals surface area (Å²) in [5.41, 5.74) is 3.88. The van der Waals surface area contributed by atoms with E-state index < -0.39 is 0 Å². The molecule has 0 amide bonds. The fourth-order valence-corrected chi connectivity index (χ4v) is 5.47. The third kappa shape index (κ3) is 5.61. The molecule has 0 radical (unpaired) electrons. The maximum absolute atomic E-state index is 6.31. The van der Waals surface area contributed by atoms with E-state index >= 15 is 0 Å². The fraction of sp³-hybridized carbons (Fsp3) is 0.208. The van der Waals surface area contributed by atoms with Crippen LogP contribution in [0.1, 0.15) is 22.6 Å². The zero-order chi connectivity index (χ0) is 23.4. The Morgan fingerprint density at radius 1 is 1.15 bits per heavy atom. The van der Waals surface area contributed by atoms with Crippen molar-refractivity contribution in [3.8, 4) is 16.3 Å². The Balaban J connectivity index is 1.45. The van der Waals surface area contributed by atoms with E-state index in [0.717, 1.165) is 49.1 Å². The summed E-state index contributed by atoms with van der Waals surface area (Å²) in [6.45, 7) is 8.69. The van der Waals surface area contributed by atoms with Crippen molar-refractivity contribution >= 4 is 46.3 Å². The van der Waals surface area contributed by atoms with Crippen molar-refractivity contribution in [1.29, 1.82) is 0 Å². The van der Waals surface area contributed by atoms with Crippen LogP contribution in [-0.2, 0) is 18.9 Å². The molecule has 0 bridgehead atoms. The second kappa shape index (κ2) is 10.7. The molecule has 5 nitrogen and oxygen atoms in total. The zero-order valence-corrected chi connectivity index (χ0v) is 21.4. The van der Waals surface area contributed by atoms with E-state index in [1.165, 1.54) is 0 Å². The van der Waals surface area contributed by atoms with Gasteiger partial charge in [-0.05, 0) is 43.2 Å². The SMILES string of the molecule is C=CCn1c(COc2cc(C)c(Cl)c(C)c2)nnc1SCc1csc(-c2ccccc2Cl)n1. The average Bonchev–Trinajstić information content (AvgIpc) is 3.42. The van der Waals surface area contributed by atoms with Crippen molar-refractivity contribution in [1.82, 2.24) is 19.7 Å². The molecule has 0 N–H and O–H groups in total. The van der Waals surface area contributed by atoms with E-state index in [4.69, 9.17) is 32.9 Å². The van der Waals surface area contributed by atoms with Crippen molar-refractivity contribution in [2.75, 3.05) is 0 Å². The lowest BCUT2D eigenvalue weighted by Gasteiger charge is -2.11. The van der Waals surface area contributed by atoms with E-state index in [2.05, 4.69) is 22.2 Å². The predicted molar refractivity (Wildman–Crippen MR) is 138 cm³/mol. The standard InChI is InChI=1S/C24H22Cl2N4OS2/c1-4-9-30-21(12-31-18-10-15(2)22(26)16(3)11-18)28-29-24(30)33-14-17-13-32-23(27-17)19-7-5-6-8-20(19)25/h4-8,10-11,13H,1,9,12,14H2,2-3H3. The highest BCUT2D eigenvalue weighted by Gasteiger charge is 2.15. The van der Waals surface area contributed by atoms with E-state index in [9.17, 15) is 0 Å². The van der Waals surface area contributed by atoms with Crippen LogP contribution < -0.4 is 4.74 Å². The Labute approximate surface area is 211 Å². The number of halogens is 2. The van der Waals surface area contributed by atoms with Crippen LogP contribution in [0.25, 0.3) is 10.6 Å². The molecule has 2 aromatic carbocycles. The summed E-state index contributed by atoms with van der Waals surface area (Å²) < 4.78 is 8.00. The van der Waals surface area contributed by atoms with Crippen molar-refractivity contribution in [2.24, 2.45) is 0 Å². The summed E-state index contributed by atoms with van der Waals surface area (Å²) in [6, 6.07) is 11.6. The van der Waals surface area contributed by atoms with Crippen molar-refractivity contribution in [2.45, 2.75) is 37.9 Å². The molecule has 4 rings (SSSR count). The summed E-state index contributed by atoms with van der Waals surface area (Å²) in [7, 11) is 0. The zero-order valence-electron chi connectivity index (χ0n) is 18.2. The first kappa shape index (κ1) is 23.8. The number of benzene rings is 2. The maximum Gasteiger partial charge on any atom is 0.191 e. The third-order valence-corrected chi connectivity index (χ3v) is 7.74. The predicted octanol–water partition coefficient (Wildman–Crippen LogP) is 7.38. The summed E-state index contributed by atoms with van der Waals surface area (Å²) in [5, 5.41) is 13.9. The van der Waals surface area contributed by atoms with E-state index in [-0.39, 0.29) is 0 Å². The summed E-state index contributed by atoms with van der Waals surface area (Å²) >= 11 is 15.7. The monoisotopic (exact) mass is 516 g/mol. The fourth-order valence-electron chi connectivity index (χ4n) is 3.25. The smallest absolute Gasteiger partial charge is 0.191 e. The minimum atomic E-state index is 0.301. The molecular weight excluding hydrogens is 495 g/mol. The number of allylic oxidation sites excluding steroid dienone is 1.